The van der Waals surface area contributed by atoms with E-state index in [2.05, 4.69) is 10.4 Å². The Balaban J connectivity index is 1.72. The monoisotopic (exact) mass is 396 g/mol. The van der Waals surface area contributed by atoms with Crippen LogP contribution >= 0.6 is 0 Å². The molecule has 0 spiro atoms. The molecule has 1 amide bonds. The molecule has 0 aliphatic carbocycles. The van der Waals surface area contributed by atoms with E-state index in [1.807, 2.05) is 35.8 Å². The highest BCUT2D eigenvalue weighted by Gasteiger charge is 2.17. The fourth-order valence-electron chi connectivity index (χ4n) is 3.48. The van der Waals surface area contributed by atoms with Crippen LogP contribution in [0.4, 0.5) is 14.5 Å². The second kappa shape index (κ2) is 7.46. The number of amides is 1. The summed E-state index contributed by atoms with van der Waals surface area (Å²) in [6.45, 7) is 2.28. The van der Waals surface area contributed by atoms with Crippen molar-refractivity contribution < 1.29 is 13.6 Å². The Morgan fingerprint density at radius 1 is 1.14 bits per heavy atom. The quantitative estimate of drug-likeness (QED) is 0.560. The van der Waals surface area contributed by atoms with Crippen molar-refractivity contribution >= 4 is 33.4 Å². The van der Waals surface area contributed by atoms with Gasteiger partial charge in [-0.05, 0) is 24.6 Å². The lowest BCUT2D eigenvalue weighted by Gasteiger charge is -2.09. The number of hydrogen-bond donors (Lipinski definition) is 1. The Labute approximate surface area is 164 Å². The molecule has 4 aromatic rings. The molecule has 6 nitrogen and oxygen atoms in total. The van der Waals surface area contributed by atoms with Crippen molar-refractivity contribution in [2.24, 2.45) is 0 Å². The number of anilines is 1. The summed E-state index contributed by atoms with van der Waals surface area (Å²) in [5.74, 6) is -2.27. The molecule has 0 bridgehead atoms. The maximum Gasteiger partial charge on any atom is 0.291 e. The first-order chi connectivity index (χ1) is 14.0. The maximum atomic E-state index is 13.8. The highest BCUT2D eigenvalue weighted by Crippen LogP contribution is 2.26. The molecule has 148 valence electrons. The van der Waals surface area contributed by atoms with E-state index in [0.717, 1.165) is 39.5 Å². The molecular weight excluding hydrogens is 378 g/mol. The zero-order valence-corrected chi connectivity index (χ0v) is 15.7. The van der Waals surface area contributed by atoms with Crippen LogP contribution in [0.1, 0.15) is 13.3 Å². The van der Waals surface area contributed by atoms with E-state index in [-0.39, 0.29) is 12.2 Å². The number of rotatable bonds is 5. The van der Waals surface area contributed by atoms with E-state index in [1.54, 1.807) is 6.20 Å². The summed E-state index contributed by atoms with van der Waals surface area (Å²) in [6, 6.07) is 10.5. The lowest BCUT2D eigenvalue weighted by atomic mass is 10.2. The predicted octanol–water partition coefficient (Wildman–Crippen LogP) is 3.68. The number of benzene rings is 2. The van der Waals surface area contributed by atoms with E-state index in [0.29, 0.717) is 18.1 Å². The largest absolute Gasteiger partial charge is 0.336 e. The number of aryl methyl sites for hydroxylation is 1. The molecule has 0 unspecified atom stereocenters. The van der Waals surface area contributed by atoms with Gasteiger partial charge >= 0.3 is 0 Å². The van der Waals surface area contributed by atoms with Crippen molar-refractivity contribution in [1.82, 2.24) is 14.3 Å². The second-order valence-electron chi connectivity index (χ2n) is 6.71. The number of nitrogens with one attached hydrogen (secondary N) is 1. The molecule has 0 saturated carbocycles. The van der Waals surface area contributed by atoms with Gasteiger partial charge in [0.1, 0.15) is 23.7 Å². The van der Waals surface area contributed by atoms with E-state index in [4.69, 9.17) is 0 Å². The number of carbonyl (C=O) groups excluding carboxylic acids is 1. The highest BCUT2D eigenvalue weighted by atomic mass is 19.1. The Morgan fingerprint density at radius 3 is 2.69 bits per heavy atom. The molecule has 0 aliphatic heterocycles. The van der Waals surface area contributed by atoms with Gasteiger partial charge in [-0.1, -0.05) is 25.1 Å². The van der Waals surface area contributed by atoms with Crippen molar-refractivity contribution in [2.45, 2.75) is 26.4 Å². The van der Waals surface area contributed by atoms with Gasteiger partial charge in [-0.3, -0.25) is 9.59 Å². The number of halogens is 2. The van der Waals surface area contributed by atoms with Gasteiger partial charge in [0.05, 0.1) is 11.9 Å². The molecule has 2 aromatic carbocycles. The zero-order valence-electron chi connectivity index (χ0n) is 15.7. The summed E-state index contributed by atoms with van der Waals surface area (Å²) in [6.07, 6.45) is 2.40. The van der Waals surface area contributed by atoms with Crippen LogP contribution in [0.3, 0.4) is 0 Å². The Kier molecular flexibility index (Phi) is 4.84. The minimum atomic E-state index is -0.892. The van der Waals surface area contributed by atoms with Crippen molar-refractivity contribution in [3.8, 4) is 0 Å². The minimum Gasteiger partial charge on any atom is -0.336 e. The third-order valence-corrected chi connectivity index (χ3v) is 4.72. The molecule has 0 fully saturated rings. The van der Waals surface area contributed by atoms with Gasteiger partial charge in [0.25, 0.3) is 5.56 Å². The van der Waals surface area contributed by atoms with E-state index >= 15 is 0 Å². The van der Waals surface area contributed by atoms with E-state index < -0.39 is 23.1 Å². The second-order valence-corrected chi connectivity index (χ2v) is 6.71. The predicted molar refractivity (Wildman–Crippen MR) is 107 cm³/mol. The number of fused-ring (bicyclic) bond motifs is 3. The smallest absolute Gasteiger partial charge is 0.291 e. The maximum absolute atomic E-state index is 13.8. The molecule has 2 aromatic heterocycles. The molecular formula is C21H18F2N4O2. The van der Waals surface area contributed by atoms with Crippen LogP contribution in [-0.4, -0.2) is 20.3 Å². The highest BCUT2D eigenvalue weighted by molar-refractivity contribution is 6.07. The molecule has 4 rings (SSSR count). The van der Waals surface area contributed by atoms with Gasteiger partial charge < -0.3 is 9.88 Å². The number of nitrogens with zero attached hydrogens (tertiary/aromatic N) is 3. The average molecular weight is 396 g/mol. The van der Waals surface area contributed by atoms with Crippen LogP contribution in [0.2, 0.25) is 0 Å². The summed E-state index contributed by atoms with van der Waals surface area (Å²) in [5.41, 5.74) is 0.843. The first-order valence-corrected chi connectivity index (χ1v) is 9.21. The van der Waals surface area contributed by atoms with Crippen molar-refractivity contribution in [2.75, 3.05) is 5.32 Å². The third kappa shape index (κ3) is 3.37. The molecule has 8 heteroatoms. The van der Waals surface area contributed by atoms with Gasteiger partial charge in [0.15, 0.2) is 0 Å². The molecule has 0 atom stereocenters. The zero-order chi connectivity index (χ0) is 20.5. The summed E-state index contributed by atoms with van der Waals surface area (Å²) in [5, 5.41) is 8.11. The molecule has 29 heavy (non-hydrogen) atoms. The van der Waals surface area contributed by atoms with Crippen LogP contribution in [0.15, 0.2) is 53.5 Å². The number of hydrogen-bond acceptors (Lipinski definition) is 3. The topological polar surface area (TPSA) is 68.9 Å². The molecule has 1 N–H and O–H groups in total. The molecule has 0 saturated heterocycles. The first-order valence-electron chi connectivity index (χ1n) is 9.21. The van der Waals surface area contributed by atoms with E-state index in [9.17, 15) is 18.4 Å². The molecule has 0 aliphatic rings. The average Bonchev–Trinajstić information content (AvgIpc) is 3.01. The van der Waals surface area contributed by atoms with Crippen LogP contribution in [0, 0.1) is 11.6 Å². The number of carbonyl (C=O) groups is 1. The van der Waals surface area contributed by atoms with Crippen molar-refractivity contribution in [3.05, 3.63) is 70.6 Å². The fraction of sp³-hybridized carbons (Fsp3) is 0.190. The summed E-state index contributed by atoms with van der Waals surface area (Å²) in [4.78, 5) is 25.4. The van der Waals surface area contributed by atoms with Gasteiger partial charge in [-0.15, -0.1) is 0 Å². The van der Waals surface area contributed by atoms with Crippen molar-refractivity contribution in [1.29, 1.82) is 0 Å². The normalized spacial score (nSPS) is 11.3. The van der Waals surface area contributed by atoms with E-state index in [1.165, 1.54) is 0 Å². The summed E-state index contributed by atoms with van der Waals surface area (Å²) in [7, 11) is 0. The van der Waals surface area contributed by atoms with Gasteiger partial charge in [-0.2, -0.15) is 5.10 Å². The van der Waals surface area contributed by atoms with Crippen LogP contribution < -0.4 is 10.9 Å². The molecule has 0 radical (unpaired) electrons. The Morgan fingerprint density at radius 2 is 1.93 bits per heavy atom. The SMILES string of the molecule is CCCn1c2ccccc2c2cnn(CC(=O)Nc3ccc(F)cc3F)c(=O)c21. The van der Waals surface area contributed by atoms with Gasteiger partial charge in [-0.25, -0.2) is 13.5 Å². The van der Waals surface area contributed by atoms with Crippen LogP contribution in [0.25, 0.3) is 21.8 Å². The Bertz CT molecular complexity index is 1290. The standard InChI is InChI=1S/C21H18F2N4O2/c1-2-9-26-18-6-4-3-5-14(18)15-11-24-27(21(29)20(15)26)12-19(28)25-17-8-7-13(22)10-16(17)23/h3-8,10-11H,2,9,12H2,1H3,(H,25,28). The minimum absolute atomic E-state index is 0.161. The summed E-state index contributed by atoms with van der Waals surface area (Å²) >= 11 is 0. The lowest BCUT2D eigenvalue weighted by molar-refractivity contribution is -0.117. The third-order valence-electron chi connectivity index (χ3n) is 4.72. The molecule has 2 heterocycles. The van der Waals surface area contributed by atoms with Gasteiger partial charge in [0.2, 0.25) is 5.91 Å². The van der Waals surface area contributed by atoms with Crippen LogP contribution in [-0.2, 0) is 17.9 Å². The van der Waals surface area contributed by atoms with Crippen molar-refractivity contribution in [3.63, 3.8) is 0 Å². The Hall–Kier alpha value is -3.55. The first kappa shape index (κ1) is 18.8. The summed E-state index contributed by atoms with van der Waals surface area (Å²) < 4.78 is 29.7. The van der Waals surface area contributed by atoms with Gasteiger partial charge in [0, 0.05) is 28.9 Å². The number of aromatic nitrogens is 3. The van der Waals surface area contributed by atoms with Crippen LogP contribution in [0.5, 0.6) is 0 Å². The lowest BCUT2D eigenvalue weighted by Crippen LogP contribution is -2.30. The number of para-hydroxylation sites is 1. The fourth-order valence-corrected chi connectivity index (χ4v) is 3.48.